The number of methoxy groups -OCH3 is 1. The largest absolute Gasteiger partial charge is 0.496 e. The number of esters is 1. The maximum atomic E-state index is 13.0. The Morgan fingerprint density at radius 1 is 1.10 bits per heavy atom. The van der Waals surface area contributed by atoms with Crippen molar-refractivity contribution in [1.82, 2.24) is 0 Å². The first kappa shape index (κ1) is 21.5. The lowest BCUT2D eigenvalue weighted by Gasteiger charge is -2.22. The molecule has 2 aromatic carbocycles. The van der Waals surface area contributed by atoms with E-state index < -0.39 is 18.0 Å². The number of benzene rings is 2. The van der Waals surface area contributed by atoms with Crippen molar-refractivity contribution in [3.05, 3.63) is 62.1 Å². The van der Waals surface area contributed by atoms with Crippen LogP contribution in [-0.2, 0) is 14.4 Å². The van der Waals surface area contributed by atoms with Crippen LogP contribution >= 0.6 is 23.2 Å². The number of para-hydroxylation sites is 1. The Bertz CT molecular complexity index is 958. The van der Waals surface area contributed by atoms with Gasteiger partial charge in [0.25, 0.3) is 0 Å². The first-order valence-corrected chi connectivity index (χ1v) is 10.1. The monoisotopic (exact) mass is 435 g/mol. The normalized spacial score (nSPS) is 18.2. The van der Waals surface area contributed by atoms with E-state index in [0.29, 0.717) is 32.6 Å². The molecule has 0 fully saturated rings. The van der Waals surface area contributed by atoms with Crippen LogP contribution in [0.25, 0.3) is 0 Å². The highest BCUT2D eigenvalue weighted by atomic mass is 35.5. The number of carbonyl (C=O) groups is 1. The number of halogens is 2. The lowest BCUT2D eigenvalue weighted by atomic mass is 9.84. The van der Waals surface area contributed by atoms with Gasteiger partial charge in [-0.2, -0.15) is 0 Å². The zero-order valence-electron chi connectivity index (χ0n) is 17.0. The molecule has 0 amide bonds. The van der Waals surface area contributed by atoms with Crippen molar-refractivity contribution >= 4 is 34.9 Å². The van der Waals surface area contributed by atoms with Gasteiger partial charge in [-0.25, -0.2) is 0 Å². The van der Waals surface area contributed by atoms with Crippen LogP contribution in [0, 0.1) is 26.7 Å². The molecule has 0 aliphatic carbocycles. The minimum atomic E-state index is -0.779. The number of carbonyl (C=O) groups excluding carboxylic acids is 1. The molecule has 0 aromatic heterocycles. The lowest BCUT2D eigenvalue weighted by Crippen LogP contribution is -2.30. The highest BCUT2D eigenvalue weighted by molar-refractivity contribution is 6.38. The minimum absolute atomic E-state index is 0.245. The SMILES string of the molecule is CCOC(=O)[C@@H]1C(c2c(C)c(Cl)c(C)c(Cl)c2C)=NO[C@H]1c1ccccc1OC. The predicted molar refractivity (Wildman–Crippen MR) is 114 cm³/mol. The Morgan fingerprint density at radius 3 is 2.31 bits per heavy atom. The molecule has 154 valence electrons. The van der Waals surface area contributed by atoms with E-state index in [-0.39, 0.29) is 6.61 Å². The summed E-state index contributed by atoms with van der Waals surface area (Å²) < 4.78 is 10.8. The summed E-state index contributed by atoms with van der Waals surface area (Å²) in [6.07, 6.45) is -0.683. The highest BCUT2D eigenvalue weighted by Crippen LogP contribution is 2.43. The van der Waals surface area contributed by atoms with Crippen LogP contribution in [0.4, 0.5) is 0 Å². The summed E-state index contributed by atoms with van der Waals surface area (Å²) in [4.78, 5) is 18.8. The molecular weight excluding hydrogens is 413 g/mol. The third-order valence-corrected chi connectivity index (χ3v) is 6.30. The maximum absolute atomic E-state index is 13.0. The van der Waals surface area contributed by atoms with Crippen LogP contribution in [0.5, 0.6) is 5.75 Å². The van der Waals surface area contributed by atoms with Crippen LogP contribution in [0.2, 0.25) is 10.0 Å². The Balaban J connectivity index is 2.17. The maximum Gasteiger partial charge on any atom is 0.319 e. The van der Waals surface area contributed by atoms with Crippen LogP contribution in [-0.4, -0.2) is 25.4 Å². The molecule has 0 radical (unpaired) electrons. The molecular formula is C22H23Cl2NO4. The molecule has 1 heterocycles. The van der Waals surface area contributed by atoms with Crippen LogP contribution in [0.1, 0.15) is 40.8 Å². The van der Waals surface area contributed by atoms with Gasteiger partial charge in [-0.15, -0.1) is 0 Å². The first-order chi connectivity index (χ1) is 13.8. The van der Waals surface area contributed by atoms with E-state index in [2.05, 4.69) is 5.16 Å². The first-order valence-electron chi connectivity index (χ1n) is 9.31. The summed E-state index contributed by atoms with van der Waals surface area (Å²) in [7, 11) is 1.57. The van der Waals surface area contributed by atoms with E-state index in [1.165, 1.54) is 0 Å². The molecule has 29 heavy (non-hydrogen) atoms. The Kier molecular flexibility index (Phi) is 6.39. The van der Waals surface area contributed by atoms with Gasteiger partial charge in [0.15, 0.2) is 6.10 Å². The van der Waals surface area contributed by atoms with Gasteiger partial charge in [0.05, 0.1) is 13.7 Å². The molecule has 2 atom stereocenters. The second-order valence-corrected chi connectivity index (χ2v) is 7.61. The van der Waals surface area contributed by atoms with Gasteiger partial charge in [-0.1, -0.05) is 46.6 Å². The van der Waals surface area contributed by atoms with Crippen molar-refractivity contribution in [1.29, 1.82) is 0 Å². The van der Waals surface area contributed by atoms with Crippen LogP contribution in [0.15, 0.2) is 29.4 Å². The Morgan fingerprint density at radius 2 is 1.72 bits per heavy atom. The fourth-order valence-electron chi connectivity index (χ4n) is 3.72. The van der Waals surface area contributed by atoms with Gasteiger partial charge >= 0.3 is 5.97 Å². The summed E-state index contributed by atoms with van der Waals surface area (Å²) in [6, 6.07) is 7.38. The molecule has 0 N–H and O–H groups in total. The number of hydrogen-bond donors (Lipinski definition) is 0. The quantitative estimate of drug-likeness (QED) is 0.574. The molecule has 1 aliphatic heterocycles. The standard InChI is InChI=1S/C22H23Cl2NO4/c1-6-28-22(26)17-20(16-11(2)18(23)13(4)19(24)12(16)3)25-29-21(17)14-9-7-8-10-15(14)27-5/h7-10,17,21H,6H2,1-5H3/t17-,21+/m1/s1. The average molecular weight is 436 g/mol. The van der Waals surface area contributed by atoms with Crippen LogP contribution in [0.3, 0.4) is 0 Å². The molecule has 5 nitrogen and oxygen atoms in total. The van der Waals surface area contributed by atoms with E-state index in [1.807, 2.05) is 45.0 Å². The van der Waals surface area contributed by atoms with Crippen molar-refractivity contribution in [2.45, 2.75) is 33.8 Å². The van der Waals surface area contributed by atoms with Gasteiger partial charge in [0, 0.05) is 21.2 Å². The molecule has 1 aliphatic rings. The van der Waals surface area contributed by atoms with Gasteiger partial charge in [-0.05, 0) is 50.5 Å². The number of rotatable bonds is 5. The molecule has 3 rings (SSSR count). The van der Waals surface area contributed by atoms with Gasteiger partial charge in [0.2, 0.25) is 0 Å². The average Bonchev–Trinajstić information content (AvgIpc) is 3.15. The fourth-order valence-corrected chi connectivity index (χ4v) is 4.15. The third kappa shape index (κ3) is 3.69. The number of ether oxygens (including phenoxy) is 2. The van der Waals surface area contributed by atoms with Crippen molar-refractivity contribution in [2.24, 2.45) is 11.1 Å². The second kappa shape index (κ2) is 8.64. The van der Waals surface area contributed by atoms with Crippen LogP contribution < -0.4 is 4.74 Å². The number of oxime groups is 1. The van der Waals surface area contributed by atoms with Crippen molar-refractivity contribution in [3.63, 3.8) is 0 Å². The van der Waals surface area contributed by atoms with E-state index in [9.17, 15) is 4.79 Å². The Hall–Kier alpha value is -2.24. The third-order valence-electron chi connectivity index (χ3n) is 5.17. The van der Waals surface area contributed by atoms with Crippen molar-refractivity contribution < 1.29 is 19.1 Å². The minimum Gasteiger partial charge on any atom is -0.496 e. The van der Waals surface area contributed by atoms with Crippen molar-refractivity contribution in [3.8, 4) is 5.75 Å². The molecule has 0 saturated heterocycles. The summed E-state index contributed by atoms with van der Waals surface area (Å²) >= 11 is 13.0. The summed E-state index contributed by atoms with van der Waals surface area (Å²) in [5.74, 6) is -0.596. The fraction of sp³-hybridized carbons (Fsp3) is 0.364. The summed E-state index contributed by atoms with van der Waals surface area (Å²) in [5.41, 5.74) is 4.26. The van der Waals surface area contributed by atoms with E-state index >= 15 is 0 Å². The smallest absolute Gasteiger partial charge is 0.319 e. The molecule has 0 bridgehead atoms. The van der Waals surface area contributed by atoms with E-state index in [1.54, 1.807) is 14.0 Å². The zero-order valence-corrected chi connectivity index (χ0v) is 18.5. The zero-order chi connectivity index (χ0) is 21.3. The van der Waals surface area contributed by atoms with Gasteiger partial charge in [-0.3, -0.25) is 4.79 Å². The molecule has 2 aromatic rings. The van der Waals surface area contributed by atoms with Gasteiger partial charge < -0.3 is 14.3 Å². The molecule has 0 unspecified atom stereocenters. The number of hydrogen-bond acceptors (Lipinski definition) is 5. The molecule has 0 saturated carbocycles. The summed E-state index contributed by atoms with van der Waals surface area (Å²) in [6.45, 7) is 7.64. The van der Waals surface area contributed by atoms with Gasteiger partial charge in [0.1, 0.15) is 17.4 Å². The van der Waals surface area contributed by atoms with E-state index in [4.69, 9.17) is 37.5 Å². The highest BCUT2D eigenvalue weighted by Gasteiger charge is 2.45. The second-order valence-electron chi connectivity index (χ2n) is 6.85. The lowest BCUT2D eigenvalue weighted by molar-refractivity contribution is -0.148. The molecule has 7 heteroatoms. The topological polar surface area (TPSA) is 57.1 Å². The molecule has 0 spiro atoms. The number of nitrogens with zero attached hydrogens (tertiary/aromatic N) is 1. The van der Waals surface area contributed by atoms with E-state index in [0.717, 1.165) is 16.7 Å². The predicted octanol–water partition coefficient (Wildman–Crippen LogP) is 5.58. The Labute approximate surface area is 180 Å². The summed E-state index contributed by atoms with van der Waals surface area (Å²) in [5, 5.41) is 5.39. The van der Waals surface area contributed by atoms with Crippen molar-refractivity contribution in [2.75, 3.05) is 13.7 Å².